The predicted molar refractivity (Wildman–Crippen MR) is 74.2 cm³/mol. The third-order valence-electron chi connectivity index (χ3n) is 3.19. The third-order valence-corrected chi connectivity index (χ3v) is 3.19. The largest absolute Gasteiger partial charge is 0.381 e. The van der Waals surface area contributed by atoms with Gasteiger partial charge >= 0.3 is 0 Å². The maximum absolute atomic E-state index is 5.84. The summed E-state index contributed by atoms with van der Waals surface area (Å²) in [4.78, 5) is 0. The lowest BCUT2D eigenvalue weighted by Gasteiger charge is -2.20. The Morgan fingerprint density at radius 3 is 2.29 bits per heavy atom. The Morgan fingerprint density at radius 2 is 1.76 bits per heavy atom. The zero-order chi connectivity index (χ0) is 12.7. The zero-order valence-electron chi connectivity index (χ0n) is 12.2. The fraction of sp³-hybridized carbons (Fsp3) is 1.00. The van der Waals surface area contributed by atoms with Gasteiger partial charge in [-0.05, 0) is 49.5 Å². The molecule has 1 aliphatic rings. The average Bonchev–Trinajstić information content (AvgIpc) is 2.99. The van der Waals surface area contributed by atoms with Gasteiger partial charge in [0.2, 0.25) is 0 Å². The Bertz CT molecular complexity index is 179. The van der Waals surface area contributed by atoms with Gasteiger partial charge in [-0.25, -0.2) is 0 Å². The molecule has 0 aromatic heterocycles. The lowest BCUT2D eigenvalue weighted by Crippen LogP contribution is -2.30. The Kier molecular flexibility index (Phi) is 7.14. The van der Waals surface area contributed by atoms with Crippen LogP contribution >= 0.6 is 0 Å². The molecule has 0 radical (unpaired) electrons. The van der Waals surface area contributed by atoms with E-state index in [2.05, 4.69) is 33.0 Å². The first-order valence-corrected chi connectivity index (χ1v) is 7.36. The van der Waals surface area contributed by atoms with Crippen molar-refractivity contribution < 1.29 is 4.74 Å². The molecule has 1 atom stereocenters. The number of hydrogen-bond acceptors (Lipinski definition) is 2. The van der Waals surface area contributed by atoms with E-state index in [1.165, 1.54) is 19.3 Å². The SMILES string of the molecule is CC(C)CNCC(COCC1CC1)CC(C)C. The summed E-state index contributed by atoms with van der Waals surface area (Å²) in [6.07, 6.45) is 4.05. The first kappa shape index (κ1) is 15.0. The molecule has 1 N–H and O–H groups in total. The van der Waals surface area contributed by atoms with Crippen molar-refractivity contribution in [2.45, 2.75) is 47.0 Å². The van der Waals surface area contributed by atoms with Crippen molar-refractivity contribution in [2.24, 2.45) is 23.7 Å². The van der Waals surface area contributed by atoms with E-state index in [1.807, 2.05) is 0 Å². The fourth-order valence-electron chi connectivity index (χ4n) is 2.14. The molecule has 0 aromatic carbocycles. The molecule has 1 fully saturated rings. The van der Waals surface area contributed by atoms with Gasteiger partial charge in [0.05, 0.1) is 6.61 Å². The van der Waals surface area contributed by atoms with Crippen LogP contribution in [0.25, 0.3) is 0 Å². The van der Waals surface area contributed by atoms with E-state index in [-0.39, 0.29) is 0 Å². The van der Waals surface area contributed by atoms with Crippen molar-refractivity contribution in [2.75, 3.05) is 26.3 Å². The van der Waals surface area contributed by atoms with Gasteiger partial charge < -0.3 is 10.1 Å². The minimum Gasteiger partial charge on any atom is -0.381 e. The van der Waals surface area contributed by atoms with Gasteiger partial charge in [-0.2, -0.15) is 0 Å². The second-order valence-electron chi connectivity index (χ2n) is 6.53. The molecule has 2 nitrogen and oxygen atoms in total. The van der Waals surface area contributed by atoms with Crippen LogP contribution in [0, 0.1) is 23.7 Å². The molecule has 0 saturated heterocycles. The first-order valence-electron chi connectivity index (χ1n) is 7.36. The molecule has 0 heterocycles. The maximum atomic E-state index is 5.84. The molecule has 0 aromatic rings. The summed E-state index contributed by atoms with van der Waals surface area (Å²) in [6.45, 7) is 13.3. The van der Waals surface area contributed by atoms with E-state index in [9.17, 15) is 0 Å². The standard InChI is InChI=1S/C15H31NO/c1-12(2)7-15(9-16-8-13(3)4)11-17-10-14-5-6-14/h12-16H,5-11H2,1-4H3. The Morgan fingerprint density at radius 1 is 1.06 bits per heavy atom. The summed E-state index contributed by atoms with van der Waals surface area (Å²) in [6, 6.07) is 0. The molecular weight excluding hydrogens is 210 g/mol. The highest BCUT2D eigenvalue weighted by molar-refractivity contribution is 4.73. The summed E-state index contributed by atoms with van der Waals surface area (Å²) in [5.74, 6) is 3.08. The van der Waals surface area contributed by atoms with E-state index in [0.29, 0.717) is 5.92 Å². The summed E-state index contributed by atoms with van der Waals surface area (Å²) in [5, 5.41) is 3.56. The quantitative estimate of drug-likeness (QED) is 0.633. The van der Waals surface area contributed by atoms with Crippen molar-refractivity contribution in [3.8, 4) is 0 Å². The van der Waals surface area contributed by atoms with E-state index in [0.717, 1.165) is 44.1 Å². The molecule has 1 aliphatic carbocycles. The van der Waals surface area contributed by atoms with Gasteiger partial charge in [-0.15, -0.1) is 0 Å². The molecule has 2 heteroatoms. The second kappa shape index (κ2) is 8.10. The van der Waals surface area contributed by atoms with E-state index in [4.69, 9.17) is 4.74 Å². The van der Waals surface area contributed by atoms with Crippen LogP contribution in [0.4, 0.5) is 0 Å². The molecule has 0 spiro atoms. The Hall–Kier alpha value is -0.0800. The molecule has 0 amide bonds. The number of rotatable bonds is 10. The van der Waals surface area contributed by atoms with Crippen molar-refractivity contribution in [3.63, 3.8) is 0 Å². The second-order valence-corrected chi connectivity index (χ2v) is 6.53. The van der Waals surface area contributed by atoms with Crippen molar-refractivity contribution in [3.05, 3.63) is 0 Å². The minimum atomic E-state index is 0.687. The highest BCUT2D eigenvalue weighted by Crippen LogP contribution is 2.29. The molecule has 1 saturated carbocycles. The van der Waals surface area contributed by atoms with Gasteiger partial charge in [0, 0.05) is 13.2 Å². The molecule has 0 bridgehead atoms. The molecular formula is C15H31NO. The van der Waals surface area contributed by atoms with Gasteiger partial charge in [0.25, 0.3) is 0 Å². The molecule has 1 rings (SSSR count). The van der Waals surface area contributed by atoms with Crippen LogP contribution in [0.3, 0.4) is 0 Å². The fourth-order valence-corrected chi connectivity index (χ4v) is 2.14. The highest BCUT2D eigenvalue weighted by atomic mass is 16.5. The van der Waals surface area contributed by atoms with Gasteiger partial charge in [-0.1, -0.05) is 27.7 Å². The number of ether oxygens (including phenoxy) is 1. The average molecular weight is 241 g/mol. The summed E-state index contributed by atoms with van der Waals surface area (Å²) in [5.41, 5.74) is 0. The topological polar surface area (TPSA) is 21.3 Å². The van der Waals surface area contributed by atoms with E-state index in [1.54, 1.807) is 0 Å². The molecule has 17 heavy (non-hydrogen) atoms. The summed E-state index contributed by atoms with van der Waals surface area (Å²) < 4.78 is 5.84. The zero-order valence-corrected chi connectivity index (χ0v) is 12.2. The summed E-state index contributed by atoms with van der Waals surface area (Å²) in [7, 11) is 0. The van der Waals surface area contributed by atoms with E-state index >= 15 is 0 Å². The minimum absolute atomic E-state index is 0.687. The maximum Gasteiger partial charge on any atom is 0.0506 e. The number of nitrogens with one attached hydrogen (secondary N) is 1. The van der Waals surface area contributed by atoms with Crippen molar-refractivity contribution in [1.29, 1.82) is 0 Å². The Labute approximate surface area is 108 Å². The molecule has 0 aliphatic heterocycles. The first-order chi connectivity index (χ1) is 8.08. The van der Waals surface area contributed by atoms with Crippen LogP contribution in [-0.4, -0.2) is 26.3 Å². The number of hydrogen-bond donors (Lipinski definition) is 1. The lowest BCUT2D eigenvalue weighted by molar-refractivity contribution is 0.0834. The monoisotopic (exact) mass is 241 g/mol. The normalized spacial score (nSPS) is 18.0. The predicted octanol–water partition coefficient (Wildman–Crippen LogP) is 3.32. The summed E-state index contributed by atoms with van der Waals surface area (Å²) >= 11 is 0. The van der Waals surface area contributed by atoms with Gasteiger partial charge in [0.15, 0.2) is 0 Å². The Balaban J connectivity index is 2.11. The molecule has 102 valence electrons. The van der Waals surface area contributed by atoms with E-state index < -0.39 is 0 Å². The van der Waals surface area contributed by atoms with Crippen LogP contribution < -0.4 is 5.32 Å². The molecule has 1 unspecified atom stereocenters. The van der Waals surface area contributed by atoms with Crippen LogP contribution in [0.15, 0.2) is 0 Å². The lowest BCUT2D eigenvalue weighted by atomic mass is 9.97. The van der Waals surface area contributed by atoms with Crippen LogP contribution in [0.1, 0.15) is 47.0 Å². The van der Waals surface area contributed by atoms with Gasteiger partial charge in [0.1, 0.15) is 0 Å². The smallest absolute Gasteiger partial charge is 0.0506 e. The van der Waals surface area contributed by atoms with Crippen molar-refractivity contribution >= 4 is 0 Å². The third kappa shape index (κ3) is 8.62. The van der Waals surface area contributed by atoms with Crippen LogP contribution in [0.2, 0.25) is 0 Å². The van der Waals surface area contributed by atoms with Crippen molar-refractivity contribution in [1.82, 2.24) is 5.32 Å². The van der Waals surface area contributed by atoms with Gasteiger partial charge in [-0.3, -0.25) is 0 Å². The van der Waals surface area contributed by atoms with Crippen LogP contribution in [0.5, 0.6) is 0 Å². The highest BCUT2D eigenvalue weighted by Gasteiger charge is 2.22. The van der Waals surface area contributed by atoms with Crippen LogP contribution in [-0.2, 0) is 4.74 Å².